The molecule has 1 aliphatic carbocycles. The lowest BCUT2D eigenvalue weighted by Gasteiger charge is -2.39. The van der Waals surface area contributed by atoms with E-state index in [-0.39, 0.29) is 6.10 Å². The van der Waals surface area contributed by atoms with Crippen LogP contribution in [0.1, 0.15) is 71.0 Å². The average molecular weight is 610 g/mol. The molecule has 4 aromatic rings. The molecular formula is C32H30Cl2N2O4S. The number of thiophene rings is 1. The van der Waals surface area contributed by atoms with Crippen molar-refractivity contribution in [3.05, 3.63) is 85.7 Å². The van der Waals surface area contributed by atoms with Gasteiger partial charge in [-0.1, -0.05) is 58.7 Å². The Morgan fingerprint density at radius 3 is 2.37 bits per heavy atom. The molecule has 0 spiro atoms. The molecular weight excluding hydrogens is 579 g/mol. The summed E-state index contributed by atoms with van der Waals surface area (Å²) in [6, 6.07) is 16.4. The highest BCUT2D eigenvalue weighted by molar-refractivity contribution is 7.12. The minimum absolute atomic E-state index is 0.223. The molecule has 41 heavy (non-hydrogen) atoms. The highest BCUT2D eigenvalue weighted by atomic mass is 35.5. The summed E-state index contributed by atoms with van der Waals surface area (Å²) in [5.74, 6) is 0.553. The summed E-state index contributed by atoms with van der Waals surface area (Å²) in [6.45, 7) is 1.36. The molecule has 2 aromatic carbocycles. The lowest BCUT2D eigenvalue weighted by Crippen LogP contribution is -2.45. The van der Waals surface area contributed by atoms with Crippen molar-refractivity contribution in [2.75, 3.05) is 0 Å². The van der Waals surface area contributed by atoms with E-state index >= 15 is 0 Å². The van der Waals surface area contributed by atoms with Gasteiger partial charge in [-0.2, -0.15) is 0 Å². The Morgan fingerprint density at radius 1 is 1.02 bits per heavy atom. The van der Waals surface area contributed by atoms with E-state index < -0.39 is 5.97 Å². The predicted octanol–water partition coefficient (Wildman–Crippen LogP) is 8.66. The van der Waals surface area contributed by atoms with Crippen LogP contribution in [-0.2, 0) is 17.9 Å². The highest BCUT2D eigenvalue weighted by Crippen LogP contribution is 2.48. The molecule has 2 aliphatic heterocycles. The number of piperidine rings is 1. The number of ether oxygens (including phenoxy) is 1. The zero-order valence-electron chi connectivity index (χ0n) is 22.4. The van der Waals surface area contributed by atoms with Crippen LogP contribution in [0.4, 0.5) is 0 Å². The van der Waals surface area contributed by atoms with Gasteiger partial charge < -0.3 is 14.4 Å². The number of carboxylic acid groups (broad SMARTS) is 1. The molecule has 9 heteroatoms. The van der Waals surface area contributed by atoms with Crippen molar-refractivity contribution in [3.63, 3.8) is 0 Å². The first-order chi connectivity index (χ1) is 19.9. The standard InChI is InChI=1S/C32H30Cl2N2O4S/c33-26-2-1-3-27(34)29(26)30-25(31(40-35-30)20-8-9-20)15-36-22-10-11-23(36)14-24(13-22)39-16-18-4-6-19(7-5-18)21-12-28(32(37)38)41-17-21/h1-7,12,17,20,22-24H,8-11,13-16H2,(H,37,38). The van der Waals surface area contributed by atoms with E-state index in [0.717, 1.165) is 71.5 Å². The van der Waals surface area contributed by atoms with E-state index in [1.165, 1.54) is 24.2 Å². The maximum absolute atomic E-state index is 11.2. The summed E-state index contributed by atoms with van der Waals surface area (Å²) >= 11 is 14.4. The Kier molecular flexibility index (Phi) is 7.42. The minimum atomic E-state index is -0.887. The summed E-state index contributed by atoms with van der Waals surface area (Å²) in [6.07, 6.45) is 6.86. The number of aromatic nitrogens is 1. The lowest BCUT2D eigenvalue weighted by molar-refractivity contribution is -0.0306. The molecule has 2 unspecified atom stereocenters. The summed E-state index contributed by atoms with van der Waals surface area (Å²) in [4.78, 5) is 14.2. The van der Waals surface area contributed by atoms with Gasteiger partial charge in [0.05, 0.1) is 22.8 Å². The van der Waals surface area contributed by atoms with E-state index in [0.29, 0.717) is 39.5 Å². The monoisotopic (exact) mass is 608 g/mol. The van der Waals surface area contributed by atoms with Crippen LogP contribution in [0.15, 0.2) is 58.4 Å². The van der Waals surface area contributed by atoms with Crippen LogP contribution in [0, 0.1) is 0 Å². The largest absolute Gasteiger partial charge is 0.477 e. The number of carboxylic acids is 1. The lowest BCUT2D eigenvalue weighted by atomic mass is 9.97. The molecule has 0 amide bonds. The number of hydrogen-bond acceptors (Lipinski definition) is 6. The SMILES string of the molecule is O=C(O)c1cc(-c2ccc(COC3CC4CCC(C3)N4Cc3c(-c4c(Cl)cccc4Cl)noc3C3CC3)cc2)cs1. The van der Waals surface area contributed by atoms with E-state index in [2.05, 4.69) is 22.2 Å². The van der Waals surface area contributed by atoms with Crippen molar-refractivity contribution in [1.29, 1.82) is 0 Å². The third-order valence-corrected chi connectivity index (χ3v) is 10.3. The van der Waals surface area contributed by atoms with Crippen LogP contribution >= 0.6 is 34.5 Å². The van der Waals surface area contributed by atoms with Gasteiger partial charge in [0.1, 0.15) is 16.3 Å². The summed E-state index contributed by atoms with van der Waals surface area (Å²) in [7, 11) is 0. The van der Waals surface area contributed by atoms with Crippen molar-refractivity contribution in [2.24, 2.45) is 0 Å². The maximum Gasteiger partial charge on any atom is 0.345 e. The molecule has 0 radical (unpaired) electrons. The van der Waals surface area contributed by atoms with Crippen LogP contribution < -0.4 is 0 Å². The van der Waals surface area contributed by atoms with Gasteiger partial charge in [0, 0.05) is 35.7 Å². The van der Waals surface area contributed by atoms with Crippen LogP contribution in [0.3, 0.4) is 0 Å². The van der Waals surface area contributed by atoms with Gasteiger partial charge >= 0.3 is 5.97 Å². The van der Waals surface area contributed by atoms with Crippen molar-refractivity contribution in [1.82, 2.24) is 10.1 Å². The smallest absolute Gasteiger partial charge is 0.345 e. The first-order valence-corrected chi connectivity index (χ1v) is 15.8. The molecule has 2 bridgehead atoms. The van der Waals surface area contributed by atoms with Crippen LogP contribution in [0.2, 0.25) is 10.0 Å². The predicted molar refractivity (Wildman–Crippen MR) is 161 cm³/mol. The highest BCUT2D eigenvalue weighted by Gasteiger charge is 2.43. The first kappa shape index (κ1) is 27.2. The zero-order valence-corrected chi connectivity index (χ0v) is 24.7. The second-order valence-corrected chi connectivity index (χ2v) is 13.1. The van der Waals surface area contributed by atoms with Crippen LogP contribution in [-0.4, -0.2) is 39.3 Å². The number of benzene rings is 2. The van der Waals surface area contributed by atoms with Crippen LogP contribution in [0.25, 0.3) is 22.4 Å². The van der Waals surface area contributed by atoms with Crippen molar-refractivity contribution < 1.29 is 19.2 Å². The van der Waals surface area contributed by atoms with E-state index in [1.807, 2.05) is 35.7 Å². The van der Waals surface area contributed by atoms with Crippen molar-refractivity contribution in [3.8, 4) is 22.4 Å². The fourth-order valence-corrected chi connectivity index (χ4v) is 7.80. The number of hydrogen-bond donors (Lipinski definition) is 1. The molecule has 212 valence electrons. The van der Waals surface area contributed by atoms with Gasteiger partial charge in [0.25, 0.3) is 0 Å². The van der Waals surface area contributed by atoms with E-state index in [4.69, 9.17) is 32.5 Å². The molecule has 3 aliphatic rings. The molecule has 4 heterocycles. The third-order valence-electron chi connectivity index (χ3n) is 8.73. The topological polar surface area (TPSA) is 75.8 Å². The molecule has 2 saturated heterocycles. The maximum atomic E-state index is 11.2. The number of fused-ring (bicyclic) bond motifs is 2. The Labute approximate surface area is 252 Å². The average Bonchev–Trinajstić information content (AvgIpc) is 3.45. The molecule has 1 N–H and O–H groups in total. The van der Waals surface area contributed by atoms with Gasteiger partial charge in [0.2, 0.25) is 0 Å². The minimum Gasteiger partial charge on any atom is -0.477 e. The fraction of sp³-hybridized carbons (Fsp3) is 0.375. The van der Waals surface area contributed by atoms with Crippen molar-refractivity contribution in [2.45, 2.75) is 75.8 Å². The number of rotatable bonds is 9. The normalized spacial score (nSPS) is 22.3. The second kappa shape index (κ2) is 11.2. The Bertz CT molecular complexity index is 1540. The molecule has 7 rings (SSSR count). The third kappa shape index (κ3) is 5.46. The quantitative estimate of drug-likeness (QED) is 0.205. The Hall–Kier alpha value is -2.68. The van der Waals surface area contributed by atoms with Gasteiger partial charge in [-0.3, -0.25) is 4.90 Å². The Morgan fingerprint density at radius 2 is 1.73 bits per heavy atom. The second-order valence-electron chi connectivity index (χ2n) is 11.4. The first-order valence-electron chi connectivity index (χ1n) is 14.2. The summed E-state index contributed by atoms with van der Waals surface area (Å²) in [5, 5.41) is 16.8. The van der Waals surface area contributed by atoms with E-state index in [1.54, 1.807) is 6.07 Å². The van der Waals surface area contributed by atoms with Gasteiger partial charge in [0.15, 0.2) is 0 Å². The van der Waals surface area contributed by atoms with Crippen molar-refractivity contribution >= 4 is 40.5 Å². The summed E-state index contributed by atoms with van der Waals surface area (Å²) in [5.41, 5.74) is 5.75. The fourth-order valence-electron chi connectivity index (χ4n) is 6.47. The molecule has 3 fully saturated rings. The van der Waals surface area contributed by atoms with Gasteiger partial charge in [-0.05, 0) is 78.8 Å². The number of nitrogens with zero attached hydrogens (tertiary/aromatic N) is 2. The zero-order chi connectivity index (χ0) is 28.1. The number of aromatic carboxylic acids is 1. The van der Waals surface area contributed by atoms with E-state index in [9.17, 15) is 9.90 Å². The van der Waals surface area contributed by atoms with Crippen LogP contribution in [0.5, 0.6) is 0 Å². The van der Waals surface area contributed by atoms with Gasteiger partial charge in [-0.25, -0.2) is 4.79 Å². The summed E-state index contributed by atoms with van der Waals surface area (Å²) < 4.78 is 12.4. The number of halogens is 2. The molecule has 6 nitrogen and oxygen atoms in total. The molecule has 2 atom stereocenters. The Balaban J connectivity index is 1.02. The van der Waals surface area contributed by atoms with Gasteiger partial charge in [-0.15, -0.1) is 11.3 Å². The molecule has 2 aromatic heterocycles. The molecule has 1 saturated carbocycles. The number of carbonyl (C=O) groups is 1.